The maximum atomic E-state index is 11.6. The molecule has 0 bridgehead atoms. The van der Waals surface area contributed by atoms with Gasteiger partial charge in [0.2, 0.25) is 0 Å². The van der Waals surface area contributed by atoms with Gasteiger partial charge in [0.25, 0.3) is 5.91 Å². The molecule has 7 heteroatoms. The number of rotatable bonds is 4. The van der Waals surface area contributed by atoms with Gasteiger partial charge < -0.3 is 5.32 Å². The normalized spacial score (nSPS) is 11.2. The average Bonchev–Trinajstić information content (AvgIpc) is 2.24. The molecule has 0 atom stereocenters. The van der Waals surface area contributed by atoms with Crippen molar-refractivity contribution in [2.24, 2.45) is 0 Å². The Kier molecular flexibility index (Phi) is 4.24. The number of alkyl halides is 3. The van der Waals surface area contributed by atoms with Crippen LogP contribution in [-0.2, 0) is 4.74 Å². The van der Waals surface area contributed by atoms with Gasteiger partial charge in [-0.05, 0) is 12.1 Å². The van der Waals surface area contributed by atoms with Crippen molar-refractivity contribution in [3.63, 3.8) is 0 Å². The first kappa shape index (κ1) is 12.4. The average molecular weight is 234 g/mol. The zero-order chi connectivity index (χ0) is 12.0. The van der Waals surface area contributed by atoms with Crippen LogP contribution in [0.5, 0.6) is 0 Å². The predicted octanol–water partition coefficient (Wildman–Crippen LogP) is 1.35. The summed E-state index contributed by atoms with van der Waals surface area (Å²) in [6.45, 7) is -0.831. The van der Waals surface area contributed by atoms with Crippen molar-refractivity contribution in [1.29, 1.82) is 0 Å². The van der Waals surface area contributed by atoms with E-state index in [4.69, 9.17) is 0 Å². The van der Waals surface area contributed by atoms with Gasteiger partial charge in [-0.1, -0.05) is 0 Å². The molecule has 0 aliphatic heterocycles. The first-order valence-corrected chi connectivity index (χ1v) is 4.38. The zero-order valence-electron chi connectivity index (χ0n) is 8.12. The molecule has 0 radical (unpaired) electrons. The number of amides is 1. The number of hydrogen-bond donors (Lipinski definition) is 1. The highest BCUT2D eigenvalue weighted by atomic mass is 19.4. The van der Waals surface area contributed by atoms with Crippen LogP contribution >= 0.6 is 0 Å². The van der Waals surface area contributed by atoms with Gasteiger partial charge in [0.15, 0.2) is 0 Å². The van der Waals surface area contributed by atoms with Gasteiger partial charge in [-0.2, -0.15) is 0 Å². The lowest BCUT2D eigenvalue weighted by molar-refractivity contribution is -0.323. The standard InChI is InChI=1S/C9H9F3N2O2/c10-9(11,12)16-5-4-14-8(15)7-2-1-3-13-6-7/h1-3,6H,4-5H2,(H,14,15). The number of nitrogens with zero attached hydrogens (tertiary/aromatic N) is 1. The Morgan fingerprint density at radius 2 is 2.25 bits per heavy atom. The van der Waals surface area contributed by atoms with E-state index in [2.05, 4.69) is 15.0 Å². The maximum Gasteiger partial charge on any atom is 0.522 e. The third-order valence-electron chi connectivity index (χ3n) is 1.58. The van der Waals surface area contributed by atoms with E-state index in [1.807, 2.05) is 0 Å². The molecular formula is C9H9F3N2O2. The number of hydrogen-bond acceptors (Lipinski definition) is 3. The van der Waals surface area contributed by atoms with Crippen LogP contribution in [0.3, 0.4) is 0 Å². The summed E-state index contributed by atoms with van der Waals surface area (Å²) < 4.78 is 38.2. The highest BCUT2D eigenvalue weighted by Gasteiger charge is 2.28. The fraction of sp³-hybridized carbons (Fsp3) is 0.333. The van der Waals surface area contributed by atoms with E-state index in [0.717, 1.165) is 0 Å². The second kappa shape index (κ2) is 5.45. The molecule has 1 aromatic rings. The lowest BCUT2D eigenvalue weighted by Crippen LogP contribution is -2.29. The molecule has 88 valence electrons. The quantitative estimate of drug-likeness (QED) is 0.800. The van der Waals surface area contributed by atoms with Crippen LogP contribution < -0.4 is 5.32 Å². The van der Waals surface area contributed by atoms with Crippen LogP contribution in [0.2, 0.25) is 0 Å². The van der Waals surface area contributed by atoms with Crippen molar-refractivity contribution < 1.29 is 22.7 Å². The molecule has 0 saturated carbocycles. The lowest BCUT2D eigenvalue weighted by Gasteiger charge is -2.08. The van der Waals surface area contributed by atoms with Crippen LogP contribution in [0.15, 0.2) is 24.5 Å². The van der Waals surface area contributed by atoms with Crippen molar-refractivity contribution in [2.75, 3.05) is 13.2 Å². The molecule has 0 aliphatic carbocycles. The lowest BCUT2D eigenvalue weighted by atomic mass is 10.3. The van der Waals surface area contributed by atoms with Gasteiger partial charge in [0, 0.05) is 18.9 Å². The summed E-state index contributed by atoms with van der Waals surface area (Å²) in [4.78, 5) is 15.0. The summed E-state index contributed by atoms with van der Waals surface area (Å²) in [6.07, 6.45) is -1.86. The van der Waals surface area contributed by atoms with E-state index in [-0.39, 0.29) is 12.1 Å². The monoisotopic (exact) mass is 234 g/mol. The molecule has 4 nitrogen and oxygen atoms in total. The SMILES string of the molecule is O=C(NCCOC(F)(F)F)c1cccnc1. The van der Waals surface area contributed by atoms with Gasteiger partial charge in [-0.15, -0.1) is 13.2 Å². The van der Waals surface area contributed by atoms with Crippen LogP contribution in [0.1, 0.15) is 10.4 Å². The van der Waals surface area contributed by atoms with Crippen molar-refractivity contribution in [2.45, 2.75) is 6.36 Å². The number of carbonyl (C=O) groups excluding carboxylic acids is 1. The molecule has 1 amide bonds. The first-order chi connectivity index (χ1) is 7.49. The number of halogens is 3. The Bertz CT molecular complexity index is 340. The third kappa shape index (κ3) is 4.74. The van der Waals surface area contributed by atoms with Crippen LogP contribution in [0, 0.1) is 0 Å². The number of aromatic nitrogens is 1. The van der Waals surface area contributed by atoms with E-state index in [1.54, 1.807) is 6.07 Å². The predicted molar refractivity (Wildman–Crippen MR) is 48.6 cm³/mol. The highest BCUT2D eigenvalue weighted by molar-refractivity contribution is 5.93. The Labute approximate surface area is 89.4 Å². The summed E-state index contributed by atoms with van der Waals surface area (Å²) in [7, 11) is 0. The maximum absolute atomic E-state index is 11.6. The van der Waals surface area contributed by atoms with Crippen molar-refractivity contribution in [1.82, 2.24) is 10.3 Å². The Morgan fingerprint density at radius 3 is 2.81 bits per heavy atom. The molecule has 1 heterocycles. The van der Waals surface area contributed by atoms with E-state index < -0.39 is 18.9 Å². The molecule has 1 N–H and O–H groups in total. The second-order valence-electron chi connectivity index (χ2n) is 2.79. The summed E-state index contributed by atoms with van der Waals surface area (Å²) in [6, 6.07) is 3.06. The molecule has 1 rings (SSSR count). The molecule has 0 unspecified atom stereocenters. The Hall–Kier alpha value is -1.63. The number of carbonyl (C=O) groups is 1. The molecule has 0 aliphatic rings. The fourth-order valence-corrected chi connectivity index (χ4v) is 0.930. The van der Waals surface area contributed by atoms with Crippen molar-refractivity contribution in [3.05, 3.63) is 30.1 Å². The number of ether oxygens (including phenoxy) is 1. The van der Waals surface area contributed by atoms with Crippen LogP contribution in [-0.4, -0.2) is 30.4 Å². The Morgan fingerprint density at radius 1 is 1.50 bits per heavy atom. The Balaban J connectivity index is 2.27. The molecule has 0 aromatic carbocycles. The molecule has 0 saturated heterocycles. The summed E-state index contributed by atoms with van der Waals surface area (Å²) in [5, 5.41) is 2.27. The van der Waals surface area contributed by atoms with Gasteiger partial charge in [0.05, 0.1) is 12.2 Å². The van der Waals surface area contributed by atoms with E-state index in [1.165, 1.54) is 18.5 Å². The van der Waals surface area contributed by atoms with Gasteiger partial charge in [-0.25, -0.2) is 0 Å². The van der Waals surface area contributed by atoms with E-state index in [0.29, 0.717) is 0 Å². The minimum atomic E-state index is -4.67. The molecule has 16 heavy (non-hydrogen) atoms. The largest absolute Gasteiger partial charge is 0.522 e. The topological polar surface area (TPSA) is 51.2 Å². The summed E-state index contributed by atoms with van der Waals surface area (Å²) in [5.41, 5.74) is 0.287. The highest BCUT2D eigenvalue weighted by Crippen LogP contribution is 2.15. The van der Waals surface area contributed by atoms with E-state index >= 15 is 0 Å². The van der Waals surface area contributed by atoms with Crippen molar-refractivity contribution >= 4 is 5.91 Å². The van der Waals surface area contributed by atoms with Gasteiger partial charge in [-0.3, -0.25) is 14.5 Å². The summed E-state index contributed by atoms with van der Waals surface area (Å²) >= 11 is 0. The minimum Gasteiger partial charge on any atom is -0.350 e. The van der Waals surface area contributed by atoms with Gasteiger partial charge >= 0.3 is 6.36 Å². The second-order valence-corrected chi connectivity index (χ2v) is 2.79. The van der Waals surface area contributed by atoms with E-state index in [9.17, 15) is 18.0 Å². The first-order valence-electron chi connectivity index (χ1n) is 4.38. The van der Waals surface area contributed by atoms with Gasteiger partial charge in [0.1, 0.15) is 0 Å². The molecule has 0 spiro atoms. The van der Waals surface area contributed by atoms with Crippen molar-refractivity contribution in [3.8, 4) is 0 Å². The molecule has 0 fully saturated rings. The number of nitrogens with one attached hydrogen (secondary N) is 1. The zero-order valence-corrected chi connectivity index (χ0v) is 8.12. The number of pyridine rings is 1. The fourth-order valence-electron chi connectivity index (χ4n) is 0.930. The summed E-state index contributed by atoms with van der Waals surface area (Å²) in [5.74, 6) is -0.487. The molecule has 1 aromatic heterocycles. The van der Waals surface area contributed by atoms with Crippen LogP contribution in [0.4, 0.5) is 13.2 Å². The third-order valence-corrected chi connectivity index (χ3v) is 1.58. The minimum absolute atomic E-state index is 0.215. The molecular weight excluding hydrogens is 225 g/mol. The smallest absolute Gasteiger partial charge is 0.350 e. The van der Waals surface area contributed by atoms with Crippen LogP contribution in [0.25, 0.3) is 0 Å².